The van der Waals surface area contributed by atoms with E-state index < -0.39 is 0 Å². The number of allylic oxidation sites excluding steroid dienone is 5. The summed E-state index contributed by atoms with van der Waals surface area (Å²) in [6.45, 7) is 26.4. The standard InChI is InChI=1S/C37H40N2.C5H12/c1-10-13-25(7)34(22(3)4)33-21-38-37-36-30(24(6)11-2)19-28(35-26(8)14-12-15-27(35)9)20-31(36)29-17-16-23(5)18-32(29)39(33)37;1-3-5-4-2/h10,12-21,24H,3,11H2,1-2,4-9H3;3-5H2,1-2H3/b13-10-,34-25+;. The first-order chi connectivity index (χ1) is 21.1. The van der Waals surface area contributed by atoms with E-state index in [1.807, 2.05) is 6.20 Å². The Hall–Kier alpha value is -3.91. The average Bonchev–Trinajstić information content (AvgIpc) is 3.41. The molecule has 2 nitrogen and oxygen atoms in total. The van der Waals surface area contributed by atoms with Crippen LogP contribution in [-0.4, -0.2) is 9.38 Å². The molecule has 2 heteroatoms. The molecule has 0 aliphatic rings. The van der Waals surface area contributed by atoms with E-state index in [0.29, 0.717) is 5.92 Å². The lowest BCUT2D eigenvalue weighted by Crippen LogP contribution is -2.02. The first-order valence-electron chi connectivity index (χ1n) is 16.5. The number of rotatable bonds is 8. The van der Waals surface area contributed by atoms with Crippen molar-refractivity contribution < 1.29 is 0 Å². The van der Waals surface area contributed by atoms with Crippen LogP contribution in [0.15, 0.2) is 84.6 Å². The number of imidazole rings is 1. The van der Waals surface area contributed by atoms with Gasteiger partial charge in [-0.05, 0) is 116 Å². The van der Waals surface area contributed by atoms with Gasteiger partial charge in [0.05, 0.1) is 17.4 Å². The number of unbranched alkanes of at least 4 members (excludes halogenated alkanes) is 2. The molecule has 230 valence electrons. The molecular formula is C42H52N2. The number of aromatic nitrogens is 2. The third-order valence-electron chi connectivity index (χ3n) is 8.95. The van der Waals surface area contributed by atoms with Crippen LogP contribution in [0.1, 0.15) is 108 Å². The van der Waals surface area contributed by atoms with Crippen LogP contribution in [0, 0.1) is 20.8 Å². The van der Waals surface area contributed by atoms with E-state index in [-0.39, 0.29) is 0 Å². The fourth-order valence-corrected chi connectivity index (χ4v) is 6.60. The van der Waals surface area contributed by atoms with Gasteiger partial charge in [-0.3, -0.25) is 4.40 Å². The van der Waals surface area contributed by atoms with Gasteiger partial charge in [0, 0.05) is 16.3 Å². The van der Waals surface area contributed by atoms with E-state index in [2.05, 4.69) is 141 Å². The lowest BCUT2D eigenvalue weighted by molar-refractivity contribution is 0.740. The molecule has 0 aliphatic carbocycles. The summed E-state index contributed by atoms with van der Waals surface area (Å²) in [6, 6.07) is 18.3. The fraction of sp³-hybridized carbons (Fsp3) is 0.357. The van der Waals surface area contributed by atoms with Gasteiger partial charge in [-0.1, -0.05) is 102 Å². The molecule has 3 aromatic carbocycles. The number of hydrogen-bond acceptors (Lipinski definition) is 1. The van der Waals surface area contributed by atoms with Gasteiger partial charge in [0.25, 0.3) is 0 Å². The molecule has 5 rings (SSSR count). The van der Waals surface area contributed by atoms with Gasteiger partial charge in [0.2, 0.25) is 0 Å². The zero-order valence-corrected chi connectivity index (χ0v) is 28.9. The Bertz CT molecular complexity index is 1850. The zero-order valence-electron chi connectivity index (χ0n) is 28.9. The van der Waals surface area contributed by atoms with Crippen molar-refractivity contribution in [2.45, 2.75) is 101 Å². The molecule has 2 heterocycles. The Morgan fingerprint density at radius 1 is 0.932 bits per heavy atom. The fourth-order valence-electron chi connectivity index (χ4n) is 6.60. The minimum Gasteiger partial charge on any atom is -0.292 e. The highest BCUT2D eigenvalue weighted by atomic mass is 15.0. The van der Waals surface area contributed by atoms with Gasteiger partial charge < -0.3 is 0 Å². The van der Waals surface area contributed by atoms with E-state index in [0.717, 1.165) is 28.9 Å². The SMILES string of the molecule is C=C(C)/C(=C(C)\C=C/C)c1cnc2c3c(C(C)CC)cc(-c4c(C)cccc4C)cc3c3ccc(C)cc3n12.CCCCC. The Morgan fingerprint density at radius 3 is 2.18 bits per heavy atom. The van der Waals surface area contributed by atoms with Crippen molar-refractivity contribution in [3.63, 3.8) is 0 Å². The summed E-state index contributed by atoms with van der Waals surface area (Å²) in [5.41, 5.74) is 14.5. The molecule has 0 saturated heterocycles. The van der Waals surface area contributed by atoms with Crippen LogP contribution in [-0.2, 0) is 0 Å². The molecule has 2 aromatic heterocycles. The van der Waals surface area contributed by atoms with Crippen LogP contribution in [0.3, 0.4) is 0 Å². The lowest BCUT2D eigenvalue weighted by Gasteiger charge is -2.21. The molecule has 0 spiro atoms. The predicted molar refractivity (Wildman–Crippen MR) is 196 cm³/mol. The summed E-state index contributed by atoms with van der Waals surface area (Å²) in [4.78, 5) is 5.15. The summed E-state index contributed by atoms with van der Waals surface area (Å²) >= 11 is 0. The second kappa shape index (κ2) is 14.2. The number of nitrogens with zero attached hydrogens (tertiary/aromatic N) is 2. The smallest absolute Gasteiger partial charge is 0.145 e. The van der Waals surface area contributed by atoms with Crippen molar-refractivity contribution in [1.82, 2.24) is 9.38 Å². The Morgan fingerprint density at radius 2 is 1.61 bits per heavy atom. The van der Waals surface area contributed by atoms with E-state index in [9.17, 15) is 0 Å². The summed E-state index contributed by atoms with van der Waals surface area (Å²) in [6.07, 6.45) is 11.4. The minimum absolute atomic E-state index is 0.393. The third kappa shape index (κ3) is 6.32. The molecule has 1 unspecified atom stereocenters. The van der Waals surface area contributed by atoms with E-state index >= 15 is 0 Å². The summed E-state index contributed by atoms with van der Waals surface area (Å²) < 4.78 is 2.38. The first kappa shape index (κ1) is 33.0. The van der Waals surface area contributed by atoms with Crippen LogP contribution in [0.2, 0.25) is 0 Å². The van der Waals surface area contributed by atoms with Crippen molar-refractivity contribution in [1.29, 1.82) is 0 Å². The molecule has 0 saturated carbocycles. The maximum atomic E-state index is 5.15. The molecular weight excluding hydrogens is 532 g/mol. The molecule has 0 aliphatic heterocycles. The van der Waals surface area contributed by atoms with Crippen LogP contribution in [0.25, 0.3) is 44.0 Å². The van der Waals surface area contributed by atoms with Gasteiger partial charge in [0.15, 0.2) is 0 Å². The highest BCUT2D eigenvalue weighted by Gasteiger charge is 2.22. The van der Waals surface area contributed by atoms with Gasteiger partial charge in [-0.2, -0.15) is 0 Å². The summed E-state index contributed by atoms with van der Waals surface area (Å²) in [5, 5.41) is 3.78. The molecule has 5 aromatic rings. The maximum Gasteiger partial charge on any atom is 0.145 e. The maximum absolute atomic E-state index is 5.15. The molecule has 44 heavy (non-hydrogen) atoms. The van der Waals surface area contributed by atoms with Gasteiger partial charge >= 0.3 is 0 Å². The zero-order chi connectivity index (χ0) is 32.1. The van der Waals surface area contributed by atoms with Crippen molar-refractivity contribution in [2.24, 2.45) is 0 Å². The Labute approximate surface area is 266 Å². The van der Waals surface area contributed by atoms with Crippen LogP contribution in [0.4, 0.5) is 0 Å². The third-order valence-corrected chi connectivity index (χ3v) is 8.95. The highest BCUT2D eigenvalue weighted by Crippen LogP contribution is 2.42. The molecule has 1 atom stereocenters. The Balaban J connectivity index is 0.000000818. The monoisotopic (exact) mass is 584 g/mol. The largest absolute Gasteiger partial charge is 0.292 e. The number of benzene rings is 3. The second-order valence-electron chi connectivity index (χ2n) is 12.6. The van der Waals surface area contributed by atoms with E-state index in [1.54, 1.807) is 0 Å². The number of pyridine rings is 1. The summed E-state index contributed by atoms with van der Waals surface area (Å²) in [7, 11) is 0. The van der Waals surface area contributed by atoms with Gasteiger partial charge in [0.1, 0.15) is 5.65 Å². The lowest BCUT2D eigenvalue weighted by atomic mass is 9.86. The molecule has 0 amide bonds. The Kier molecular flexibility index (Phi) is 10.7. The van der Waals surface area contributed by atoms with Gasteiger partial charge in [-0.25, -0.2) is 4.98 Å². The van der Waals surface area contributed by atoms with E-state index in [1.165, 1.54) is 79.9 Å². The van der Waals surface area contributed by atoms with Gasteiger partial charge in [-0.15, -0.1) is 0 Å². The van der Waals surface area contributed by atoms with Crippen molar-refractivity contribution >= 4 is 32.9 Å². The van der Waals surface area contributed by atoms with Crippen LogP contribution < -0.4 is 0 Å². The van der Waals surface area contributed by atoms with Crippen LogP contribution in [0.5, 0.6) is 0 Å². The average molecular weight is 585 g/mol. The molecule has 0 fully saturated rings. The number of aryl methyl sites for hydroxylation is 3. The quantitative estimate of drug-likeness (QED) is 0.131. The highest BCUT2D eigenvalue weighted by molar-refractivity contribution is 6.15. The second-order valence-corrected chi connectivity index (χ2v) is 12.6. The van der Waals surface area contributed by atoms with Crippen molar-refractivity contribution in [3.8, 4) is 11.1 Å². The first-order valence-corrected chi connectivity index (χ1v) is 16.5. The topological polar surface area (TPSA) is 17.3 Å². The number of fused-ring (bicyclic) bond motifs is 6. The summed E-state index contributed by atoms with van der Waals surface area (Å²) in [5.74, 6) is 0.393. The number of hydrogen-bond donors (Lipinski definition) is 0. The van der Waals surface area contributed by atoms with Crippen molar-refractivity contribution in [3.05, 3.63) is 113 Å². The van der Waals surface area contributed by atoms with Crippen LogP contribution >= 0.6 is 0 Å². The predicted octanol–water partition coefficient (Wildman–Crippen LogP) is 12.9. The minimum atomic E-state index is 0.393. The molecule has 0 bridgehead atoms. The van der Waals surface area contributed by atoms with E-state index in [4.69, 9.17) is 4.98 Å². The molecule has 0 N–H and O–H groups in total. The molecule has 0 radical (unpaired) electrons. The van der Waals surface area contributed by atoms with Crippen molar-refractivity contribution in [2.75, 3.05) is 0 Å². The normalized spacial score (nSPS) is 13.0.